The van der Waals surface area contributed by atoms with Crippen molar-refractivity contribution in [3.05, 3.63) is 77.9 Å². The van der Waals surface area contributed by atoms with Crippen LogP contribution in [0, 0.1) is 6.92 Å². The van der Waals surface area contributed by atoms with Crippen molar-refractivity contribution in [1.29, 1.82) is 0 Å². The van der Waals surface area contributed by atoms with E-state index in [0.717, 1.165) is 5.56 Å². The molecular weight excluding hydrogens is 456 g/mol. The fourth-order valence-electron chi connectivity index (χ4n) is 3.09. The van der Waals surface area contributed by atoms with Gasteiger partial charge in [0.1, 0.15) is 18.1 Å². The molecule has 0 radical (unpaired) electrons. The van der Waals surface area contributed by atoms with Gasteiger partial charge in [0.2, 0.25) is 0 Å². The maximum absolute atomic E-state index is 12.9. The van der Waals surface area contributed by atoms with E-state index >= 15 is 0 Å². The minimum atomic E-state index is -3.91. The molecule has 8 nitrogen and oxygen atoms in total. The van der Waals surface area contributed by atoms with E-state index in [0.29, 0.717) is 42.7 Å². The van der Waals surface area contributed by atoms with Crippen LogP contribution in [0.3, 0.4) is 0 Å². The molecule has 2 N–H and O–H groups in total. The number of methoxy groups -OCH3 is 1. The molecule has 3 rings (SSSR count). The molecule has 34 heavy (non-hydrogen) atoms. The maximum atomic E-state index is 12.9. The number of benzene rings is 3. The average Bonchev–Trinajstić information content (AvgIpc) is 2.82. The highest BCUT2D eigenvalue weighted by atomic mass is 32.2. The molecule has 180 valence electrons. The maximum Gasteiger partial charge on any atom is 0.261 e. The van der Waals surface area contributed by atoms with Crippen molar-refractivity contribution >= 4 is 27.3 Å². The molecule has 0 fully saturated rings. The highest BCUT2D eigenvalue weighted by Crippen LogP contribution is 2.27. The van der Waals surface area contributed by atoms with Crippen LogP contribution < -0.4 is 19.5 Å². The zero-order valence-corrected chi connectivity index (χ0v) is 20.1. The summed E-state index contributed by atoms with van der Waals surface area (Å²) in [6.45, 7) is 5.04. The summed E-state index contributed by atoms with van der Waals surface area (Å²) in [4.78, 5) is 12.9. The third-order valence-corrected chi connectivity index (χ3v) is 6.13. The van der Waals surface area contributed by atoms with Gasteiger partial charge >= 0.3 is 0 Å². The standard InChI is InChI=1S/C25H28N2O6S/c1-4-32-21-11-9-20(10-12-21)27-34(29,30)22-7-5-6-19(17-22)25(28)26-23-13-8-18(2)16-24(23)33-15-14-31-3/h5-13,16-17,27H,4,14-15H2,1-3H3,(H,26,28). The summed E-state index contributed by atoms with van der Waals surface area (Å²) in [5.74, 6) is 0.690. The van der Waals surface area contributed by atoms with Gasteiger partial charge < -0.3 is 19.5 Å². The van der Waals surface area contributed by atoms with Gasteiger partial charge in [-0.15, -0.1) is 0 Å². The number of ether oxygens (including phenoxy) is 3. The second-order valence-corrected chi connectivity index (χ2v) is 9.07. The molecule has 0 aliphatic carbocycles. The number of aryl methyl sites for hydroxylation is 1. The first-order valence-corrected chi connectivity index (χ1v) is 12.2. The van der Waals surface area contributed by atoms with Gasteiger partial charge in [-0.2, -0.15) is 0 Å². The van der Waals surface area contributed by atoms with E-state index in [4.69, 9.17) is 14.2 Å². The normalized spacial score (nSPS) is 11.0. The number of carbonyl (C=O) groups is 1. The van der Waals surface area contributed by atoms with Gasteiger partial charge in [-0.05, 0) is 74.0 Å². The predicted octanol–water partition coefficient (Wildman–Crippen LogP) is 4.47. The fraction of sp³-hybridized carbons (Fsp3) is 0.240. The van der Waals surface area contributed by atoms with E-state index in [9.17, 15) is 13.2 Å². The molecular formula is C25H28N2O6S. The Morgan fingerprint density at radius 2 is 1.71 bits per heavy atom. The Bertz CT molecular complexity index is 1230. The van der Waals surface area contributed by atoms with Crippen molar-refractivity contribution < 1.29 is 27.4 Å². The third kappa shape index (κ3) is 6.72. The molecule has 0 bridgehead atoms. The van der Waals surface area contributed by atoms with Crippen molar-refractivity contribution in [3.8, 4) is 11.5 Å². The van der Waals surface area contributed by atoms with Gasteiger partial charge in [0.25, 0.3) is 15.9 Å². The number of hydrogen-bond acceptors (Lipinski definition) is 6. The van der Waals surface area contributed by atoms with E-state index in [1.54, 1.807) is 43.5 Å². The first-order chi connectivity index (χ1) is 16.3. The average molecular weight is 485 g/mol. The smallest absolute Gasteiger partial charge is 0.261 e. The fourth-order valence-corrected chi connectivity index (χ4v) is 4.19. The van der Waals surface area contributed by atoms with Crippen LogP contribution in [0.25, 0.3) is 0 Å². The molecule has 0 spiro atoms. The zero-order valence-electron chi connectivity index (χ0n) is 19.3. The molecule has 3 aromatic carbocycles. The number of amides is 1. The summed E-state index contributed by atoms with van der Waals surface area (Å²) in [7, 11) is -2.33. The first-order valence-electron chi connectivity index (χ1n) is 10.7. The molecule has 0 unspecified atom stereocenters. The highest BCUT2D eigenvalue weighted by molar-refractivity contribution is 7.92. The van der Waals surface area contributed by atoms with E-state index < -0.39 is 15.9 Å². The van der Waals surface area contributed by atoms with Gasteiger partial charge in [0.05, 0.1) is 23.8 Å². The number of rotatable bonds is 11. The number of nitrogens with one attached hydrogen (secondary N) is 2. The first kappa shape index (κ1) is 25.1. The molecule has 0 saturated heterocycles. The van der Waals surface area contributed by atoms with E-state index in [2.05, 4.69) is 10.0 Å². The Hall–Kier alpha value is -3.56. The Balaban J connectivity index is 1.76. The van der Waals surface area contributed by atoms with Gasteiger partial charge in [0.15, 0.2) is 0 Å². The summed E-state index contributed by atoms with van der Waals surface area (Å²) in [5.41, 5.74) is 2.03. The van der Waals surface area contributed by atoms with Crippen molar-refractivity contribution in [2.24, 2.45) is 0 Å². The van der Waals surface area contributed by atoms with Crippen LogP contribution in [0.2, 0.25) is 0 Å². The predicted molar refractivity (Wildman–Crippen MR) is 131 cm³/mol. The minimum Gasteiger partial charge on any atom is -0.494 e. The Kier molecular flexibility index (Phi) is 8.50. The van der Waals surface area contributed by atoms with Crippen LogP contribution in [0.15, 0.2) is 71.6 Å². The Morgan fingerprint density at radius 1 is 0.941 bits per heavy atom. The van der Waals surface area contributed by atoms with Crippen LogP contribution in [-0.2, 0) is 14.8 Å². The van der Waals surface area contributed by atoms with E-state index in [-0.39, 0.29) is 10.5 Å². The molecule has 9 heteroatoms. The quantitative estimate of drug-likeness (QED) is 0.389. The van der Waals surface area contributed by atoms with Gasteiger partial charge in [-0.3, -0.25) is 9.52 Å². The minimum absolute atomic E-state index is 0.0329. The molecule has 0 atom stereocenters. The SMILES string of the molecule is CCOc1ccc(NS(=O)(=O)c2cccc(C(=O)Nc3ccc(C)cc3OCCOC)c2)cc1. The summed E-state index contributed by atoms with van der Waals surface area (Å²) in [5, 5.41) is 2.79. The largest absolute Gasteiger partial charge is 0.494 e. The second-order valence-electron chi connectivity index (χ2n) is 7.39. The lowest BCUT2D eigenvalue weighted by molar-refractivity contribution is 0.102. The highest BCUT2D eigenvalue weighted by Gasteiger charge is 2.18. The molecule has 0 aromatic heterocycles. The summed E-state index contributed by atoms with van der Waals surface area (Å²) in [6, 6.07) is 17.8. The van der Waals surface area contributed by atoms with E-state index in [1.807, 2.05) is 26.0 Å². The van der Waals surface area contributed by atoms with Crippen molar-refractivity contribution in [2.45, 2.75) is 18.7 Å². The molecule has 0 heterocycles. The summed E-state index contributed by atoms with van der Waals surface area (Å²) >= 11 is 0. The van der Waals surface area contributed by atoms with Gasteiger partial charge in [-0.25, -0.2) is 8.42 Å². The van der Waals surface area contributed by atoms with Gasteiger partial charge in [0, 0.05) is 18.4 Å². The van der Waals surface area contributed by atoms with Gasteiger partial charge in [-0.1, -0.05) is 12.1 Å². The number of sulfonamides is 1. The van der Waals surface area contributed by atoms with Crippen molar-refractivity contribution in [1.82, 2.24) is 0 Å². The molecule has 3 aromatic rings. The lowest BCUT2D eigenvalue weighted by Gasteiger charge is -2.14. The topological polar surface area (TPSA) is 103 Å². The van der Waals surface area contributed by atoms with Crippen LogP contribution in [-0.4, -0.2) is 41.3 Å². The van der Waals surface area contributed by atoms with Crippen LogP contribution in [0.1, 0.15) is 22.8 Å². The lowest BCUT2D eigenvalue weighted by Crippen LogP contribution is -2.16. The number of hydrogen-bond donors (Lipinski definition) is 2. The molecule has 0 aliphatic rings. The van der Waals surface area contributed by atoms with Crippen molar-refractivity contribution in [2.75, 3.05) is 37.0 Å². The van der Waals surface area contributed by atoms with Crippen molar-refractivity contribution in [3.63, 3.8) is 0 Å². The van der Waals surface area contributed by atoms with Crippen LogP contribution >= 0.6 is 0 Å². The second kappa shape index (κ2) is 11.5. The Morgan fingerprint density at radius 3 is 2.41 bits per heavy atom. The lowest BCUT2D eigenvalue weighted by atomic mass is 10.2. The summed E-state index contributed by atoms with van der Waals surface area (Å²) < 4.78 is 44.4. The molecule has 0 aliphatic heterocycles. The van der Waals surface area contributed by atoms with Crippen LogP contribution in [0.5, 0.6) is 11.5 Å². The third-order valence-electron chi connectivity index (χ3n) is 4.75. The summed E-state index contributed by atoms with van der Waals surface area (Å²) in [6.07, 6.45) is 0. The van der Waals surface area contributed by atoms with Crippen LogP contribution in [0.4, 0.5) is 11.4 Å². The monoisotopic (exact) mass is 484 g/mol. The Labute approximate surface area is 199 Å². The zero-order chi connectivity index (χ0) is 24.6. The van der Waals surface area contributed by atoms with E-state index in [1.165, 1.54) is 18.2 Å². The molecule has 1 amide bonds. The molecule has 0 saturated carbocycles. The number of anilines is 2. The number of carbonyl (C=O) groups excluding carboxylic acids is 1.